The number of carboxylic acids is 1. The Kier molecular flexibility index (Phi) is 6.17. The number of carbonyl (C=O) groups excluding carboxylic acids is 2. The van der Waals surface area contributed by atoms with E-state index in [-0.39, 0.29) is 23.7 Å². The van der Waals surface area contributed by atoms with Gasteiger partial charge in [-0.05, 0) is 24.3 Å². The van der Waals surface area contributed by atoms with Crippen LogP contribution in [0.15, 0.2) is 36.5 Å². The fourth-order valence-corrected chi connectivity index (χ4v) is 4.18. The molecule has 3 rings (SSSR count). The van der Waals surface area contributed by atoms with Gasteiger partial charge in [-0.3, -0.25) is 19.3 Å². The molecule has 1 fully saturated rings. The fraction of sp³-hybridized carbons (Fsp3) is 0.500. The van der Waals surface area contributed by atoms with E-state index in [9.17, 15) is 19.5 Å². The molecule has 1 aromatic rings. The minimum Gasteiger partial charge on any atom is -0.480 e. The number of benzene rings is 1. The van der Waals surface area contributed by atoms with Gasteiger partial charge >= 0.3 is 5.97 Å². The zero-order chi connectivity index (χ0) is 20.3. The van der Waals surface area contributed by atoms with E-state index < -0.39 is 18.6 Å². The predicted molar refractivity (Wildman–Crippen MR) is 106 cm³/mol. The van der Waals surface area contributed by atoms with Crippen molar-refractivity contribution in [3.63, 3.8) is 0 Å². The maximum absolute atomic E-state index is 13.3. The molecule has 2 aliphatic rings. The number of rotatable bonds is 5. The summed E-state index contributed by atoms with van der Waals surface area (Å²) >= 11 is 0. The molecule has 1 saturated carbocycles. The van der Waals surface area contributed by atoms with Gasteiger partial charge in [0.2, 0.25) is 5.91 Å². The highest BCUT2D eigenvalue weighted by Crippen LogP contribution is 2.33. The van der Waals surface area contributed by atoms with Crippen LogP contribution in [0.2, 0.25) is 0 Å². The molecule has 1 aromatic carbocycles. The minimum atomic E-state index is -1.08. The van der Waals surface area contributed by atoms with Crippen LogP contribution in [0.5, 0.6) is 0 Å². The Morgan fingerprint density at radius 2 is 1.75 bits per heavy atom. The van der Waals surface area contributed by atoms with E-state index in [2.05, 4.69) is 0 Å². The third-order valence-electron chi connectivity index (χ3n) is 5.57. The van der Waals surface area contributed by atoms with E-state index in [1.54, 1.807) is 11.1 Å². The van der Waals surface area contributed by atoms with Gasteiger partial charge in [0.15, 0.2) is 0 Å². The van der Waals surface area contributed by atoms with E-state index in [0.717, 1.165) is 37.7 Å². The molecule has 6 nitrogen and oxygen atoms in total. The number of aliphatic carboxylic acids is 1. The first-order chi connectivity index (χ1) is 13.4. The van der Waals surface area contributed by atoms with E-state index in [4.69, 9.17) is 0 Å². The Hall–Kier alpha value is -2.63. The van der Waals surface area contributed by atoms with Crippen molar-refractivity contribution in [2.24, 2.45) is 11.8 Å². The molecule has 0 spiro atoms. The number of carbonyl (C=O) groups is 3. The lowest BCUT2D eigenvalue weighted by Gasteiger charge is -2.42. The SMILES string of the molecule is CC(C)C1C(=O)N(CC(=O)O)C(c2ccccc2)=CN1C(=O)C1CCCCC1. The standard InChI is InChI=1S/C22H28N2O4/c1-15(2)20-22(28)23(14-19(25)26)18(16-9-5-3-6-10-16)13-24(20)21(27)17-11-7-4-8-12-17/h3,5-6,9-10,13,15,17,20H,4,7-8,11-12,14H2,1-2H3,(H,25,26). The van der Waals surface area contributed by atoms with Gasteiger partial charge in [-0.25, -0.2) is 0 Å². The topological polar surface area (TPSA) is 77.9 Å². The molecular formula is C22H28N2O4. The van der Waals surface area contributed by atoms with E-state index in [1.165, 1.54) is 4.90 Å². The summed E-state index contributed by atoms with van der Waals surface area (Å²) in [5.41, 5.74) is 1.19. The summed E-state index contributed by atoms with van der Waals surface area (Å²) in [6.07, 6.45) is 6.61. The fourth-order valence-electron chi connectivity index (χ4n) is 4.18. The van der Waals surface area contributed by atoms with Crippen molar-refractivity contribution in [1.29, 1.82) is 0 Å². The third kappa shape index (κ3) is 4.11. The second-order valence-electron chi connectivity index (χ2n) is 7.97. The molecule has 0 aromatic heterocycles. The predicted octanol–water partition coefficient (Wildman–Crippen LogP) is 3.35. The van der Waals surface area contributed by atoms with E-state index >= 15 is 0 Å². The Balaban J connectivity index is 2.05. The van der Waals surface area contributed by atoms with Crippen LogP contribution >= 0.6 is 0 Å². The van der Waals surface area contributed by atoms with Crippen LogP contribution in [0.25, 0.3) is 5.70 Å². The second-order valence-corrected chi connectivity index (χ2v) is 7.97. The van der Waals surface area contributed by atoms with Crippen molar-refractivity contribution in [3.05, 3.63) is 42.1 Å². The lowest BCUT2D eigenvalue weighted by Crippen LogP contribution is -2.56. The first-order valence-corrected chi connectivity index (χ1v) is 10.0. The zero-order valence-electron chi connectivity index (χ0n) is 16.5. The third-order valence-corrected chi connectivity index (χ3v) is 5.57. The average Bonchev–Trinajstić information content (AvgIpc) is 2.69. The van der Waals surface area contributed by atoms with E-state index in [1.807, 2.05) is 44.2 Å². The van der Waals surface area contributed by atoms with Crippen LogP contribution < -0.4 is 0 Å². The summed E-state index contributed by atoms with van der Waals surface area (Å²) in [7, 11) is 0. The zero-order valence-corrected chi connectivity index (χ0v) is 16.5. The Morgan fingerprint density at radius 1 is 1.11 bits per heavy atom. The van der Waals surface area contributed by atoms with E-state index in [0.29, 0.717) is 5.70 Å². The molecular weight excluding hydrogens is 356 g/mol. The Bertz CT molecular complexity index is 766. The van der Waals surface area contributed by atoms with Crippen molar-refractivity contribution in [1.82, 2.24) is 9.80 Å². The van der Waals surface area contributed by atoms with Crippen LogP contribution in [-0.4, -0.2) is 45.3 Å². The maximum Gasteiger partial charge on any atom is 0.323 e. The molecule has 6 heteroatoms. The van der Waals surface area contributed by atoms with Crippen LogP contribution in [0, 0.1) is 11.8 Å². The first kappa shape index (κ1) is 20.1. The summed E-state index contributed by atoms with van der Waals surface area (Å²) in [5.74, 6) is -1.62. The van der Waals surface area contributed by atoms with Crippen molar-refractivity contribution in [3.8, 4) is 0 Å². The molecule has 1 aliphatic heterocycles. The number of hydrogen-bond donors (Lipinski definition) is 1. The van der Waals surface area contributed by atoms with Gasteiger partial charge < -0.3 is 10.0 Å². The van der Waals surface area contributed by atoms with Crippen molar-refractivity contribution in [2.45, 2.75) is 52.0 Å². The van der Waals surface area contributed by atoms with Gasteiger partial charge in [0.05, 0.1) is 5.70 Å². The maximum atomic E-state index is 13.3. The lowest BCUT2D eigenvalue weighted by atomic mass is 9.87. The second kappa shape index (κ2) is 8.59. The highest BCUT2D eigenvalue weighted by molar-refractivity contribution is 5.99. The van der Waals surface area contributed by atoms with Crippen molar-refractivity contribution < 1.29 is 19.5 Å². The smallest absolute Gasteiger partial charge is 0.323 e. The molecule has 0 bridgehead atoms. The molecule has 1 heterocycles. The molecule has 0 radical (unpaired) electrons. The molecule has 1 aliphatic carbocycles. The summed E-state index contributed by atoms with van der Waals surface area (Å²) in [5, 5.41) is 9.35. The van der Waals surface area contributed by atoms with Gasteiger partial charge in [-0.1, -0.05) is 63.4 Å². The number of hydrogen-bond acceptors (Lipinski definition) is 3. The number of nitrogens with zero attached hydrogens (tertiary/aromatic N) is 2. The van der Waals surface area contributed by atoms with Crippen LogP contribution in [0.3, 0.4) is 0 Å². The number of amides is 2. The van der Waals surface area contributed by atoms with Gasteiger partial charge in [-0.2, -0.15) is 0 Å². The molecule has 1 unspecified atom stereocenters. The highest BCUT2D eigenvalue weighted by Gasteiger charge is 2.42. The van der Waals surface area contributed by atoms with Crippen LogP contribution in [0.4, 0.5) is 0 Å². The van der Waals surface area contributed by atoms with Gasteiger partial charge in [0.25, 0.3) is 5.91 Å². The molecule has 2 amide bonds. The Morgan fingerprint density at radius 3 is 2.32 bits per heavy atom. The summed E-state index contributed by atoms with van der Waals surface area (Å²) in [6, 6.07) is 8.50. The molecule has 0 saturated heterocycles. The van der Waals surface area contributed by atoms with Crippen molar-refractivity contribution in [2.75, 3.05) is 6.54 Å². The summed E-state index contributed by atoms with van der Waals surface area (Å²) in [4.78, 5) is 40.9. The summed E-state index contributed by atoms with van der Waals surface area (Å²) in [6.45, 7) is 3.36. The van der Waals surface area contributed by atoms with Gasteiger partial charge in [-0.15, -0.1) is 0 Å². The number of carboxylic acid groups (broad SMARTS) is 1. The molecule has 28 heavy (non-hydrogen) atoms. The van der Waals surface area contributed by atoms with Crippen LogP contribution in [0.1, 0.15) is 51.5 Å². The molecule has 1 N–H and O–H groups in total. The monoisotopic (exact) mass is 384 g/mol. The lowest BCUT2D eigenvalue weighted by molar-refractivity contribution is -0.150. The van der Waals surface area contributed by atoms with Crippen molar-refractivity contribution >= 4 is 23.5 Å². The van der Waals surface area contributed by atoms with Crippen LogP contribution in [-0.2, 0) is 14.4 Å². The average molecular weight is 384 g/mol. The normalized spacial score (nSPS) is 21.0. The molecule has 1 atom stereocenters. The molecule has 150 valence electrons. The first-order valence-electron chi connectivity index (χ1n) is 10.0. The Labute approximate surface area is 165 Å². The quantitative estimate of drug-likeness (QED) is 0.844. The summed E-state index contributed by atoms with van der Waals surface area (Å²) < 4.78 is 0. The van der Waals surface area contributed by atoms with Gasteiger partial charge in [0.1, 0.15) is 12.6 Å². The van der Waals surface area contributed by atoms with Gasteiger partial charge in [0, 0.05) is 12.1 Å². The highest BCUT2D eigenvalue weighted by atomic mass is 16.4. The largest absolute Gasteiger partial charge is 0.480 e. The minimum absolute atomic E-state index is 0.0184.